The molecule has 0 radical (unpaired) electrons. The number of carbonyl (C=O) groups is 2. The summed E-state index contributed by atoms with van der Waals surface area (Å²) in [7, 11) is 0. The highest BCUT2D eigenvalue weighted by Crippen LogP contribution is 2.18. The second kappa shape index (κ2) is 3.37. The first-order valence-electron chi connectivity index (χ1n) is 3.74. The number of amides is 2. The van der Waals surface area contributed by atoms with Crippen LogP contribution >= 0.6 is 0 Å². The molecule has 0 aromatic heterocycles. The molecule has 2 N–H and O–H groups in total. The van der Waals surface area contributed by atoms with E-state index in [-0.39, 0.29) is 5.91 Å². The molecule has 4 nitrogen and oxygen atoms in total. The first-order valence-corrected chi connectivity index (χ1v) is 3.74. The first kappa shape index (κ1) is 8.04. The largest absolute Gasteiger partial charge is 0.352 e. The summed E-state index contributed by atoms with van der Waals surface area (Å²) in [5.74, 6) is -0.0976. The first-order chi connectivity index (χ1) is 5.24. The zero-order valence-electron chi connectivity index (χ0n) is 6.46. The molecule has 1 aliphatic carbocycles. The molecule has 1 atom stereocenters. The highest BCUT2D eigenvalue weighted by atomic mass is 16.2. The second-order valence-corrected chi connectivity index (χ2v) is 2.79. The maximum absolute atomic E-state index is 11.1. The summed E-state index contributed by atoms with van der Waals surface area (Å²) in [6.45, 7) is 1.66. The van der Waals surface area contributed by atoms with Crippen LogP contribution in [0.25, 0.3) is 0 Å². The third-order valence-corrected chi connectivity index (χ3v) is 1.64. The van der Waals surface area contributed by atoms with Crippen LogP contribution in [0.5, 0.6) is 0 Å². The number of hydrogen-bond donors (Lipinski definition) is 2. The highest BCUT2D eigenvalue weighted by Gasteiger charge is 2.25. The molecule has 1 rings (SSSR count). The van der Waals surface area contributed by atoms with E-state index >= 15 is 0 Å². The minimum atomic E-state index is -0.409. The lowest BCUT2D eigenvalue weighted by Gasteiger charge is -2.09. The summed E-state index contributed by atoms with van der Waals surface area (Å²) in [6, 6.07) is -0.0495. The average Bonchev–Trinajstić information content (AvgIpc) is 2.72. The normalized spacial score (nSPS) is 18.6. The van der Waals surface area contributed by atoms with Crippen LogP contribution in [0.4, 0.5) is 0 Å². The van der Waals surface area contributed by atoms with Crippen molar-refractivity contribution < 1.29 is 9.59 Å². The quantitative estimate of drug-likeness (QED) is 0.534. The maximum atomic E-state index is 11.1. The van der Waals surface area contributed by atoms with E-state index in [0.717, 1.165) is 12.8 Å². The van der Waals surface area contributed by atoms with Gasteiger partial charge in [0, 0.05) is 6.04 Å². The van der Waals surface area contributed by atoms with Gasteiger partial charge in [-0.05, 0) is 19.8 Å². The topological polar surface area (TPSA) is 58.2 Å². The van der Waals surface area contributed by atoms with Crippen LogP contribution in [-0.4, -0.2) is 24.4 Å². The zero-order valence-corrected chi connectivity index (χ0v) is 6.46. The maximum Gasteiger partial charge on any atom is 0.242 e. The van der Waals surface area contributed by atoms with Gasteiger partial charge in [-0.1, -0.05) is 0 Å². The third kappa shape index (κ3) is 2.57. The van der Waals surface area contributed by atoms with Crippen LogP contribution in [0, 0.1) is 0 Å². The van der Waals surface area contributed by atoms with Gasteiger partial charge >= 0.3 is 0 Å². The summed E-state index contributed by atoms with van der Waals surface area (Å²) in [6.07, 6.45) is 2.68. The Morgan fingerprint density at radius 1 is 1.64 bits per heavy atom. The van der Waals surface area contributed by atoms with Crippen molar-refractivity contribution in [3.63, 3.8) is 0 Å². The van der Waals surface area contributed by atoms with Crippen molar-refractivity contribution in [2.75, 3.05) is 0 Å². The second-order valence-electron chi connectivity index (χ2n) is 2.79. The average molecular weight is 156 g/mol. The van der Waals surface area contributed by atoms with Crippen molar-refractivity contribution in [3.8, 4) is 0 Å². The Labute approximate surface area is 65.3 Å². The minimum Gasteiger partial charge on any atom is -0.352 e. The molecule has 4 heteroatoms. The molecule has 1 aliphatic rings. The van der Waals surface area contributed by atoms with Crippen LogP contribution < -0.4 is 10.6 Å². The molecule has 2 amide bonds. The highest BCUT2D eigenvalue weighted by molar-refractivity contribution is 5.83. The van der Waals surface area contributed by atoms with Crippen molar-refractivity contribution >= 4 is 12.3 Å². The Kier molecular flexibility index (Phi) is 2.46. The van der Waals surface area contributed by atoms with E-state index in [2.05, 4.69) is 10.6 Å². The van der Waals surface area contributed by atoms with Crippen molar-refractivity contribution in [3.05, 3.63) is 0 Å². The molecule has 0 bridgehead atoms. The van der Waals surface area contributed by atoms with Crippen LogP contribution in [0.1, 0.15) is 19.8 Å². The molecule has 62 valence electrons. The van der Waals surface area contributed by atoms with Crippen LogP contribution in [0.2, 0.25) is 0 Å². The number of hydrogen-bond acceptors (Lipinski definition) is 2. The van der Waals surface area contributed by atoms with Gasteiger partial charge in [0.25, 0.3) is 0 Å². The number of carbonyl (C=O) groups excluding carboxylic acids is 2. The smallest absolute Gasteiger partial charge is 0.242 e. The molecular weight excluding hydrogens is 144 g/mol. The molecule has 0 saturated heterocycles. The van der Waals surface area contributed by atoms with E-state index in [9.17, 15) is 9.59 Å². The van der Waals surface area contributed by atoms with Gasteiger partial charge in [0.05, 0.1) is 0 Å². The summed E-state index contributed by atoms with van der Waals surface area (Å²) in [5.41, 5.74) is 0. The van der Waals surface area contributed by atoms with E-state index in [1.165, 1.54) is 0 Å². The van der Waals surface area contributed by atoms with Gasteiger partial charge in [-0.15, -0.1) is 0 Å². The van der Waals surface area contributed by atoms with Crippen molar-refractivity contribution in [2.24, 2.45) is 0 Å². The van der Waals surface area contributed by atoms with E-state index in [1.807, 2.05) is 0 Å². The Bertz CT molecular complexity index is 166. The minimum absolute atomic E-state index is 0.0976. The van der Waals surface area contributed by atoms with E-state index in [1.54, 1.807) is 6.92 Å². The predicted octanol–water partition coefficient (Wildman–Crippen LogP) is -0.601. The number of rotatable bonds is 4. The summed E-state index contributed by atoms with van der Waals surface area (Å²) >= 11 is 0. The zero-order chi connectivity index (χ0) is 8.27. The van der Waals surface area contributed by atoms with Crippen molar-refractivity contribution in [1.82, 2.24) is 10.6 Å². The molecule has 0 aliphatic heterocycles. The van der Waals surface area contributed by atoms with Gasteiger partial charge in [0.1, 0.15) is 6.04 Å². The summed E-state index contributed by atoms with van der Waals surface area (Å²) in [4.78, 5) is 21.0. The fourth-order valence-electron chi connectivity index (χ4n) is 0.732. The van der Waals surface area contributed by atoms with Crippen LogP contribution in [0.15, 0.2) is 0 Å². The molecule has 1 saturated carbocycles. The van der Waals surface area contributed by atoms with E-state index in [0.29, 0.717) is 12.5 Å². The van der Waals surface area contributed by atoms with Gasteiger partial charge in [-0.3, -0.25) is 9.59 Å². The Morgan fingerprint density at radius 3 is 2.73 bits per heavy atom. The Hall–Kier alpha value is -1.06. The molecule has 1 fully saturated rings. The van der Waals surface area contributed by atoms with Gasteiger partial charge in [0.2, 0.25) is 12.3 Å². The van der Waals surface area contributed by atoms with E-state index < -0.39 is 6.04 Å². The molecule has 1 unspecified atom stereocenters. The van der Waals surface area contributed by atoms with E-state index in [4.69, 9.17) is 0 Å². The lowest BCUT2D eigenvalue weighted by molar-refractivity contribution is -0.125. The lowest BCUT2D eigenvalue weighted by Crippen LogP contribution is -2.42. The molecule has 0 aromatic carbocycles. The Morgan fingerprint density at radius 2 is 2.27 bits per heavy atom. The monoisotopic (exact) mass is 156 g/mol. The fourth-order valence-corrected chi connectivity index (χ4v) is 0.732. The molecule has 0 aromatic rings. The third-order valence-electron chi connectivity index (χ3n) is 1.64. The number of nitrogens with one attached hydrogen (secondary N) is 2. The van der Waals surface area contributed by atoms with Crippen LogP contribution in [-0.2, 0) is 9.59 Å². The van der Waals surface area contributed by atoms with Gasteiger partial charge in [-0.2, -0.15) is 0 Å². The van der Waals surface area contributed by atoms with Crippen molar-refractivity contribution in [2.45, 2.75) is 31.8 Å². The van der Waals surface area contributed by atoms with Gasteiger partial charge in [-0.25, -0.2) is 0 Å². The molecule has 11 heavy (non-hydrogen) atoms. The molecule has 0 heterocycles. The molecule has 0 spiro atoms. The standard InChI is InChI=1S/C7H12N2O2/c1-5(8-4-10)7(11)9-6-2-3-6/h4-6H,2-3H2,1H3,(H,8,10)(H,9,11). The predicted molar refractivity (Wildman–Crippen MR) is 39.8 cm³/mol. The lowest BCUT2D eigenvalue weighted by atomic mass is 10.3. The SMILES string of the molecule is CC(NC=O)C(=O)NC1CC1. The molecular formula is C7H12N2O2. The van der Waals surface area contributed by atoms with Gasteiger partial charge < -0.3 is 10.6 Å². The Balaban J connectivity index is 2.20. The summed E-state index contributed by atoms with van der Waals surface area (Å²) < 4.78 is 0. The van der Waals surface area contributed by atoms with Crippen LogP contribution in [0.3, 0.4) is 0 Å². The van der Waals surface area contributed by atoms with Gasteiger partial charge in [0.15, 0.2) is 0 Å². The van der Waals surface area contributed by atoms with Crippen molar-refractivity contribution in [1.29, 1.82) is 0 Å². The summed E-state index contributed by atoms with van der Waals surface area (Å²) in [5, 5.41) is 5.16. The fraction of sp³-hybridized carbons (Fsp3) is 0.714.